The van der Waals surface area contributed by atoms with Gasteiger partial charge >= 0.3 is 5.97 Å². The first-order valence-electron chi connectivity index (χ1n) is 6.03. The van der Waals surface area contributed by atoms with Gasteiger partial charge < -0.3 is 5.11 Å². The molecule has 0 aliphatic heterocycles. The van der Waals surface area contributed by atoms with Gasteiger partial charge in [-0.05, 0) is 33.4 Å². The van der Waals surface area contributed by atoms with E-state index < -0.39 is 5.97 Å². The van der Waals surface area contributed by atoms with E-state index in [9.17, 15) is 14.7 Å². The Kier molecular flexibility index (Phi) is 3.60. The van der Waals surface area contributed by atoms with Crippen molar-refractivity contribution in [2.45, 2.75) is 6.54 Å². The van der Waals surface area contributed by atoms with Crippen LogP contribution in [0.25, 0.3) is 10.8 Å². The molecule has 0 radical (unpaired) electrons. The molecular formula is C14H9BrN2O3S. The molecule has 0 bridgehead atoms. The molecule has 2 aromatic heterocycles. The van der Waals surface area contributed by atoms with E-state index in [1.54, 1.807) is 24.3 Å². The number of carboxylic acids is 1. The molecule has 7 heteroatoms. The Bertz CT molecular complexity index is 901. The molecular weight excluding hydrogens is 356 g/mol. The number of thiophene rings is 1. The third-order valence-corrected chi connectivity index (χ3v) is 4.97. The molecule has 3 rings (SSSR count). The Hall–Kier alpha value is -1.99. The predicted octanol–water partition coefficient (Wildman–Crippen LogP) is 2.97. The minimum Gasteiger partial charge on any atom is -0.476 e. The lowest BCUT2D eigenvalue weighted by Gasteiger charge is -2.08. The van der Waals surface area contributed by atoms with E-state index in [0.29, 0.717) is 10.8 Å². The van der Waals surface area contributed by atoms with Crippen LogP contribution in [0.1, 0.15) is 15.4 Å². The molecule has 0 aliphatic rings. The first kappa shape index (κ1) is 14.0. The van der Waals surface area contributed by atoms with E-state index in [2.05, 4.69) is 21.0 Å². The standard InChI is InChI=1S/C14H9BrN2O3S/c15-10-5-6-21-11(10)7-17-13(18)9-4-2-1-3-8(9)12(16-17)14(19)20/h1-6H,7H2,(H,19,20). The number of fused-ring (bicyclic) bond motifs is 1. The maximum Gasteiger partial charge on any atom is 0.357 e. The Morgan fingerprint density at radius 1 is 1.29 bits per heavy atom. The van der Waals surface area contributed by atoms with E-state index >= 15 is 0 Å². The van der Waals surface area contributed by atoms with Crippen LogP contribution >= 0.6 is 27.3 Å². The van der Waals surface area contributed by atoms with Gasteiger partial charge in [0.25, 0.3) is 5.56 Å². The lowest BCUT2D eigenvalue weighted by molar-refractivity contribution is 0.0690. The minimum absolute atomic E-state index is 0.113. The summed E-state index contributed by atoms with van der Waals surface area (Å²) in [5.74, 6) is -1.15. The SMILES string of the molecule is O=C(O)c1nn(Cc2sccc2Br)c(=O)c2ccccc12. The zero-order valence-electron chi connectivity index (χ0n) is 10.6. The van der Waals surface area contributed by atoms with E-state index in [4.69, 9.17) is 0 Å². The van der Waals surface area contributed by atoms with Crippen molar-refractivity contribution in [1.29, 1.82) is 0 Å². The molecule has 0 saturated carbocycles. The molecule has 2 heterocycles. The first-order chi connectivity index (χ1) is 10.1. The number of carboxylic acid groups (broad SMARTS) is 1. The van der Waals surface area contributed by atoms with Gasteiger partial charge in [0.2, 0.25) is 0 Å². The van der Waals surface area contributed by atoms with Crippen molar-refractivity contribution in [2.24, 2.45) is 0 Å². The third kappa shape index (κ3) is 2.50. The Balaban J connectivity index is 2.24. The van der Waals surface area contributed by atoms with Crippen LogP contribution in [0.5, 0.6) is 0 Å². The van der Waals surface area contributed by atoms with Gasteiger partial charge in [-0.15, -0.1) is 11.3 Å². The highest BCUT2D eigenvalue weighted by molar-refractivity contribution is 9.10. The summed E-state index contributed by atoms with van der Waals surface area (Å²) in [6.07, 6.45) is 0. The average Bonchev–Trinajstić information content (AvgIpc) is 2.87. The quantitative estimate of drug-likeness (QED) is 0.775. The van der Waals surface area contributed by atoms with Crippen molar-refractivity contribution < 1.29 is 9.90 Å². The second-order valence-electron chi connectivity index (χ2n) is 4.35. The number of aromatic nitrogens is 2. The van der Waals surface area contributed by atoms with Gasteiger partial charge in [-0.25, -0.2) is 9.48 Å². The van der Waals surface area contributed by atoms with Crippen LogP contribution in [0, 0.1) is 0 Å². The summed E-state index contributed by atoms with van der Waals surface area (Å²) in [7, 11) is 0. The molecule has 0 aliphatic carbocycles. The smallest absolute Gasteiger partial charge is 0.357 e. The molecule has 0 saturated heterocycles. The van der Waals surface area contributed by atoms with Gasteiger partial charge in [-0.1, -0.05) is 18.2 Å². The zero-order valence-corrected chi connectivity index (χ0v) is 13.0. The molecule has 0 spiro atoms. The maximum absolute atomic E-state index is 12.4. The summed E-state index contributed by atoms with van der Waals surface area (Å²) in [6, 6.07) is 8.49. The topological polar surface area (TPSA) is 72.2 Å². The zero-order chi connectivity index (χ0) is 15.0. The van der Waals surface area contributed by atoms with E-state index in [1.165, 1.54) is 16.0 Å². The molecule has 0 unspecified atom stereocenters. The van der Waals surface area contributed by atoms with E-state index in [0.717, 1.165) is 9.35 Å². The molecule has 0 fully saturated rings. The molecule has 5 nitrogen and oxygen atoms in total. The van der Waals surface area contributed by atoms with Crippen molar-refractivity contribution in [1.82, 2.24) is 9.78 Å². The fraction of sp³-hybridized carbons (Fsp3) is 0.0714. The summed E-state index contributed by atoms with van der Waals surface area (Å²) in [5, 5.41) is 15.9. The minimum atomic E-state index is -1.15. The number of rotatable bonds is 3. The number of aromatic carboxylic acids is 1. The van der Waals surface area contributed by atoms with Gasteiger partial charge in [0.05, 0.1) is 11.9 Å². The van der Waals surface area contributed by atoms with Crippen molar-refractivity contribution in [3.05, 3.63) is 61.1 Å². The summed E-state index contributed by atoms with van der Waals surface area (Å²) >= 11 is 4.88. The van der Waals surface area contributed by atoms with Gasteiger partial charge in [0.1, 0.15) is 0 Å². The van der Waals surface area contributed by atoms with Crippen molar-refractivity contribution in [3.63, 3.8) is 0 Å². The Labute approximate surface area is 131 Å². The average molecular weight is 365 g/mol. The summed E-state index contributed by atoms with van der Waals surface area (Å²) in [4.78, 5) is 24.7. The number of halogens is 1. The highest BCUT2D eigenvalue weighted by atomic mass is 79.9. The Morgan fingerprint density at radius 3 is 2.62 bits per heavy atom. The second kappa shape index (κ2) is 5.42. The Morgan fingerprint density at radius 2 is 2.00 bits per heavy atom. The van der Waals surface area contributed by atoms with Crippen LogP contribution in [0.15, 0.2) is 45.0 Å². The van der Waals surface area contributed by atoms with E-state index in [1.807, 2.05) is 11.4 Å². The molecule has 0 amide bonds. The second-order valence-corrected chi connectivity index (χ2v) is 6.21. The summed E-state index contributed by atoms with van der Waals surface area (Å²) in [6.45, 7) is 0.238. The van der Waals surface area contributed by atoms with Crippen molar-refractivity contribution >= 4 is 44.0 Å². The third-order valence-electron chi connectivity index (χ3n) is 3.05. The van der Waals surface area contributed by atoms with Crippen molar-refractivity contribution in [2.75, 3.05) is 0 Å². The van der Waals surface area contributed by atoms with Gasteiger partial charge in [0, 0.05) is 14.7 Å². The van der Waals surface area contributed by atoms with E-state index in [-0.39, 0.29) is 17.8 Å². The number of hydrogen-bond acceptors (Lipinski definition) is 4. The first-order valence-corrected chi connectivity index (χ1v) is 7.70. The number of hydrogen-bond donors (Lipinski definition) is 1. The number of benzene rings is 1. The number of carbonyl (C=O) groups is 1. The maximum atomic E-state index is 12.4. The molecule has 1 aromatic carbocycles. The summed E-state index contributed by atoms with van der Waals surface area (Å²) < 4.78 is 2.08. The van der Waals surface area contributed by atoms with Crippen LogP contribution in [0.4, 0.5) is 0 Å². The monoisotopic (exact) mass is 364 g/mol. The largest absolute Gasteiger partial charge is 0.476 e. The van der Waals surface area contributed by atoms with Crippen LogP contribution in [-0.2, 0) is 6.54 Å². The van der Waals surface area contributed by atoms with Gasteiger partial charge in [-0.2, -0.15) is 5.10 Å². The fourth-order valence-corrected chi connectivity index (χ4v) is 3.53. The number of nitrogens with zero attached hydrogens (tertiary/aromatic N) is 2. The molecule has 0 atom stereocenters. The molecule has 1 N–H and O–H groups in total. The van der Waals surface area contributed by atoms with Crippen molar-refractivity contribution in [3.8, 4) is 0 Å². The highest BCUT2D eigenvalue weighted by Crippen LogP contribution is 2.23. The highest BCUT2D eigenvalue weighted by Gasteiger charge is 2.16. The van der Waals surface area contributed by atoms with Gasteiger partial charge in [0.15, 0.2) is 5.69 Å². The fourth-order valence-electron chi connectivity index (χ4n) is 2.07. The molecule has 21 heavy (non-hydrogen) atoms. The molecule has 106 valence electrons. The van der Waals surface area contributed by atoms with Crippen LogP contribution < -0.4 is 5.56 Å². The molecule has 3 aromatic rings. The summed E-state index contributed by atoms with van der Waals surface area (Å²) in [5.41, 5.74) is -0.409. The van der Waals surface area contributed by atoms with Crippen LogP contribution in [0.2, 0.25) is 0 Å². The lowest BCUT2D eigenvalue weighted by Crippen LogP contribution is -2.26. The lowest BCUT2D eigenvalue weighted by atomic mass is 10.1. The normalized spacial score (nSPS) is 10.9. The van der Waals surface area contributed by atoms with Gasteiger partial charge in [-0.3, -0.25) is 4.79 Å². The van der Waals surface area contributed by atoms with Crippen LogP contribution in [-0.4, -0.2) is 20.9 Å². The predicted molar refractivity (Wildman–Crippen MR) is 84.1 cm³/mol. The van der Waals surface area contributed by atoms with Crippen LogP contribution in [0.3, 0.4) is 0 Å².